The number of fused-ring (bicyclic) bond motifs is 3. The van der Waals surface area contributed by atoms with Crippen LogP contribution in [0.4, 0.5) is 0 Å². The molecular weight excluding hydrogens is 458 g/mol. The molecule has 7 nitrogen and oxygen atoms in total. The van der Waals surface area contributed by atoms with Crippen molar-refractivity contribution in [1.82, 2.24) is 24.5 Å². The lowest BCUT2D eigenvalue weighted by Gasteiger charge is -2.15. The monoisotopic (exact) mass is 491 g/mol. The van der Waals surface area contributed by atoms with Gasteiger partial charge in [-0.05, 0) is 62.4 Å². The lowest BCUT2D eigenvalue weighted by Crippen LogP contribution is -2.32. The zero-order valence-corrected chi connectivity index (χ0v) is 22.1. The van der Waals surface area contributed by atoms with E-state index in [2.05, 4.69) is 61.4 Å². The fourth-order valence-corrected chi connectivity index (χ4v) is 5.06. The summed E-state index contributed by atoms with van der Waals surface area (Å²) in [6.45, 7) is 12.9. The van der Waals surface area contributed by atoms with Gasteiger partial charge in [-0.2, -0.15) is 0 Å². The minimum atomic E-state index is -0.154. The minimum Gasteiger partial charge on any atom is -0.350 e. The summed E-state index contributed by atoms with van der Waals surface area (Å²) in [6, 6.07) is 11.8. The van der Waals surface area contributed by atoms with Gasteiger partial charge in [0.2, 0.25) is 5.78 Å². The van der Waals surface area contributed by atoms with Gasteiger partial charge in [-0.25, -0.2) is 0 Å². The smallest absolute Gasteiger partial charge is 0.262 e. The molecule has 1 atom stereocenters. The molecule has 2 aromatic heterocycles. The molecule has 0 radical (unpaired) electrons. The number of nitrogens with one attached hydrogen (secondary N) is 1. The van der Waals surface area contributed by atoms with Crippen molar-refractivity contribution >= 4 is 34.3 Å². The van der Waals surface area contributed by atoms with Crippen molar-refractivity contribution in [2.45, 2.75) is 71.5 Å². The summed E-state index contributed by atoms with van der Waals surface area (Å²) in [4.78, 5) is 26.3. The average molecular weight is 492 g/mol. The van der Waals surface area contributed by atoms with Gasteiger partial charge in [0.15, 0.2) is 5.16 Å². The molecule has 184 valence electrons. The molecule has 1 amide bonds. The summed E-state index contributed by atoms with van der Waals surface area (Å²) >= 11 is 1.58. The fourth-order valence-electron chi connectivity index (χ4n) is 4.05. The second-order valence-electron chi connectivity index (χ2n) is 9.66. The number of hydrogen-bond donors (Lipinski definition) is 1. The summed E-state index contributed by atoms with van der Waals surface area (Å²) in [5.74, 6) is 1.34. The summed E-state index contributed by atoms with van der Waals surface area (Å²) in [7, 11) is 0. The van der Waals surface area contributed by atoms with Gasteiger partial charge in [-0.15, -0.1) is 10.2 Å². The van der Waals surface area contributed by atoms with Crippen molar-refractivity contribution < 1.29 is 4.79 Å². The maximum atomic E-state index is 13.4. The third kappa shape index (κ3) is 5.12. The molecule has 4 aromatic rings. The van der Waals surface area contributed by atoms with E-state index >= 15 is 0 Å². The normalized spacial score (nSPS) is 12.5. The van der Waals surface area contributed by atoms with E-state index in [9.17, 15) is 9.59 Å². The predicted molar refractivity (Wildman–Crippen MR) is 142 cm³/mol. The number of amides is 1. The van der Waals surface area contributed by atoms with Gasteiger partial charge in [0.1, 0.15) is 0 Å². The molecule has 2 aromatic carbocycles. The molecule has 1 N–H and O–H groups in total. The molecular formula is C27H33N5O2S. The molecule has 0 fully saturated rings. The zero-order valence-electron chi connectivity index (χ0n) is 21.3. The van der Waals surface area contributed by atoms with Crippen LogP contribution in [0.3, 0.4) is 0 Å². The molecule has 0 spiro atoms. The van der Waals surface area contributed by atoms with Crippen molar-refractivity contribution in [1.29, 1.82) is 0 Å². The fraction of sp³-hybridized carbons (Fsp3) is 0.407. The number of carbonyl (C=O) groups is 1. The molecule has 8 heteroatoms. The van der Waals surface area contributed by atoms with Gasteiger partial charge in [0.25, 0.3) is 11.5 Å². The van der Waals surface area contributed by atoms with Gasteiger partial charge in [-0.1, -0.05) is 56.3 Å². The summed E-state index contributed by atoms with van der Waals surface area (Å²) in [5, 5.41) is 13.2. The van der Waals surface area contributed by atoms with E-state index in [1.165, 1.54) is 16.7 Å². The Morgan fingerprint density at radius 2 is 1.86 bits per heavy atom. The summed E-state index contributed by atoms with van der Waals surface area (Å²) < 4.78 is 3.62. The number of benzene rings is 2. The van der Waals surface area contributed by atoms with Crippen LogP contribution in [-0.2, 0) is 12.3 Å². The van der Waals surface area contributed by atoms with Crippen LogP contribution in [-0.4, -0.2) is 31.1 Å². The maximum Gasteiger partial charge on any atom is 0.262 e. The van der Waals surface area contributed by atoms with Crippen molar-refractivity contribution in [3.05, 3.63) is 69.0 Å². The van der Waals surface area contributed by atoms with E-state index < -0.39 is 0 Å². The molecule has 0 unspecified atom stereocenters. The van der Waals surface area contributed by atoms with Gasteiger partial charge in [0, 0.05) is 23.9 Å². The molecule has 0 aliphatic heterocycles. The second kappa shape index (κ2) is 10.2. The Balaban J connectivity index is 1.86. The first-order valence-electron chi connectivity index (χ1n) is 12.1. The highest BCUT2D eigenvalue weighted by Crippen LogP contribution is 2.27. The lowest BCUT2D eigenvalue weighted by molar-refractivity contribution is 0.0939. The summed E-state index contributed by atoms with van der Waals surface area (Å²) in [6.07, 6.45) is 0.841. The Morgan fingerprint density at radius 1 is 1.09 bits per heavy atom. The second-order valence-corrected chi connectivity index (χ2v) is 10.6. The van der Waals surface area contributed by atoms with Gasteiger partial charge >= 0.3 is 0 Å². The maximum absolute atomic E-state index is 13.4. The Morgan fingerprint density at radius 3 is 2.57 bits per heavy atom. The zero-order chi connectivity index (χ0) is 25.3. The minimum absolute atomic E-state index is 0.0656. The molecule has 0 saturated heterocycles. The van der Waals surface area contributed by atoms with Crippen molar-refractivity contribution in [3.63, 3.8) is 0 Å². The van der Waals surface area contributed by atoms with E-state index in [-0.39, 0.29) is 23.4 Å². The lowest BCUT2D eigenvalue weighted by atomic mass is 10.1. The van der Waals surface area contributed by atoms with E-state index in [0.29, 0.717) is 33.9 Å². The Hall–Kier alpha value is -3.13. The average Bonchev–Trinajstić information content (AvgIpc) is 3.25. The Bertz CT molecular complexity index is 1450. The Labute approximate surface area is 210 Å². The number of carbonyl (C=O) groups excluding carboxylic acids is 1. The highest BCUT2D eigenvalue weighted by molar-refractivity contribution is 7.98. The number of aromatic nitrogens is 4. The third-order valence-electron chi connectivity index (χ3n) is 6.23. The molecule has 0 aliphatic rings. The van der Waals surface area contributed by atoms with Gasteiger partial charge in [-0.3, -0.25) is 18.6 Å². The van der Waals surface area contributed by atoms with Gasteiger partial charge in [0.05, 0.1) is 10.9 Å². The Kier molecular flexibility index (Phi) is 7.31. The van der Waals surface area contributed by atoms with Crippen LogP contribution in [0.15, 0.2) is 46.3 Å². The van der Waals surface area contributed by atoms with Crippen LogP contribution in [0.1, 0.15) is 61.2 Å². The predicted octanol–water partition coefficient (Wildman–Crippen LogP) is 5.14. The van der Waals surface area contributed by atoms with Crippen molar-refractivity contribution in [2.24, 2.45) is 5.92 Å². The van der Waals surface area contributed by atoms with Crippen LogP contribution in [0.2, 0.25) is 0 Å². The standard InChI is InChI=1S/C27H33N5O2S/c1-7-19(6)28-24(33)20-10-11-22-23(13-20)32-26(31(25(22)34)14-16(2)3)29-30-27(32)35-15-21-12-17(4)8-9-18(21)5/h8-13,16,19H,7,14-15H2,1-6H3,(H,28,33)/t19-/m0/s1. The first-order valence-corrected chi connectivity index (χ1v) is 13.1. The van der Waals surface area contributed by atoms with Crippen LogP contribution in [0.5, 0.6) is 0 Å². The van der Waals surface area contributed by atoms with Crippen LogP contribution < -0.4 is 10.9 Å². The SMILES string of the molecule is CC[C@H](C)NC(=O)c1ccc2c(=O)n(CC(C)C)c3nnc(SCc4cc(C)ccc4C)n3c2c1. The largest absolute Gasteiger partial charge is 0.350 e. The van der Waals surface area contributed by atoms with Crippen molar-refractivity contribution in [3.8, 4) is 0 Å². The van der Waals surface area contributed by atoms with E-state index in [0.717, 1.165) is 12.2 Å². The quantitative estimate of drug-likeness (QED) is 0.345. The molecule has 0 saturated carbocycles. The van der Waals surface area contributed by atoms with Crippen LogP contribution in [0, 0.1) is 19.8 Å². The van der Waals surface area contributed by atoms with Crippen LogP contribution >= 0.6 is 11.8 Å². The van der Waals surface area contributed by atoms with E-state index in [4.69, 9.17) is 0 Å². The number of rotatable bonds is 8. The molecule has 0 aliphatic carbocycles. The molecule has 0 bridgehead atoms. The van der Waals surface area contributed by atoms with Gasteiger partial charge < -0.3 is 5.32 Å². The number of hydrogen-bond acceptors (Lipinski definition) is 5. The third-order valence-corrected chi connectivity index (χ3v) is 7.21. The van der Waals surface area contributed by atoms with E-state index in [1.807, 2.05) is 18.2 Å². The summed E-state index contributed by atoms with van der Waals surface area (Å²) in [5.41, 5.74) is 4.72. The topological polar surface area (TPSA) is 81.3 Å². The first kappa shape index (κ1) is 25.0. The highest BCUT2D eigenvalue weighted by atomic mass is 32.2. The molecule has 4 rings (SSSR count). The molecule has 35 heavy (non-hydrogen) atoms. The number of thioether (sulfide) groups is 1. The number of nitrogens with zero attached hydrogens (tertiary/aromatic N) is 4. The number of aryl methyl sites for hydroxylation is 2. The highest BCUT2D eigenvalue weighted by Gasteiger charge is 2.20. The van der Waals surface area contributed by atoms with Crippen LogP contribution in [0.25, 0.3) is 16.7 Å². The van der Waals surface area contributed by atoms with Crippen molar-refractivity contribution in [2.75, 3.05) is 0 Å². The van der Waals surface area contributed by atoms with E-state index in [1.54, 1.807) is 34.5 Å². The first-order chi connectivity index (χ1) is 16.7. The molecule has 2 heterocycles.